The summed E-state index contributed by atoms with van der Waals surface area (Å²) in [6.07, 6.45) is 0. The Kier molecular flexibility index (Phi) is 4.46. The van der Waals surface area contributed by atoms with E-state index in [1.165, 1.54) is 6.07 Å². The van der Waals surface area contributed by atoms with Gasteiger partial charge in [0.15, 0.2) is 11.3 Å². The molecule has 0 aliphatic carbocycles. The third kappa shape index (κ3) is 3.12. The molecule has 0 bridgehead atoms. The Morgan fingerprint density at radius 3 is 2.67 bits per heavy atom. The van der Waals surface area contributed by atoms with Gasteiger partial charge in [0.1, 0.15) is 12.1 Å². The van der Waals surface area contributed by atoms with Gasteiger partial charge in [0.25, 0.3) is 0 Å². The Morgan fingerprint density at radius 2 is 1.96 bits per heavy atom. The molecule has 6 heteroatoms. The van der Waals surface area contributed by atoms with E-state index in [9.17, 15) is 9.90 Å². The summed E-state index contributed by atoms with van der Waals surface area (Å²) in [5.41, 5.74) is 2.13. The van der Waals surface area contributed by atoms with E-state index in [0.717, 1.165) is 27.0 Å². The van der Waals surface area contributed by atoms with Crippen LogP contribution in [0.1, 0.15) is 19.4 Å². The van der Waals surface area contributed by atoms with Crippen LogP contribution in [0.5, 0.6) is 5.75 Å². The fourth-order valence-electron chi connectivity index (χ4n) is 3.45. The molecule has 2 heterocycles. The van der Waals surface area contributed by atoms with Gasteiger partial charge >= 0.3 is 5.63 Å². The molecule has 1 unspecified atom stereocenters. The minimum Gasteiger partial charge on any atom is -0.443 e. The van der Waals surface area contributed by atoms with Gasteiger partial charge in [-0.1, -0.05) is 41.9 Å². The van der Waals surface area contributed by atoms with Crippen molar-refractivity contribution < 1.29 is 19.2 Å². The van der Waals surface area contributed by atoms with Gasteiger partial charge in [-0.2, -0.15) is 0 Å². The molecule has 0 amide bonds. The number of aliphatic hydroxyl groups excluding tert-OH is 1. The lowest BCUT2D eigenvalue weighted by molar-refractivity contribution is -0.978. The maximum atomic E-state index is 12.3. The van der Waals surface area contributed by atoms with Crippen LogP contribution in [-0.2, 0) is 6.54 Å². The zero-order chi connectivity index (χ0) is 19.2. The van der Waals surface area contributed by atoms with Gasteiger partial charge in [-0.3, -0.25) is 4.90 Å². The quantitative estimate of drug-likeness (QED) is 0.679. The number of aliphatic hydroxyl groups is 1. The smallest absolute Gasteiger partial charge is 0.336 e. The number of rotatable bonds is 3. The summed E-state index contributed by atoms with van der Waals surface area (Å²) < 4.78 is 11.5. The van der Waals surface area contributed by atoms with Crippen molar-refractivity contribution in [3.8, 4) is 16.9 Å². The van der Waals surface area contributed by atoms with Crippen LogP contribution in [0.4, 0.5) is 0 Å². The van der Waals surface area contributed by atoms with E-state index in [1.807, 2.05) is 44.2 Å². The summed E-state index contributed by atoms with van der Waals surface area (Å²) >= 11 is 6.51. The van der Waals surface area contributed by atoms with Crippen molar-refractivity contribution in [2.45, 2.75) is 25.9 Å². The molecule has 4 rings (SSSR count). The molecule has 1 aliphatic rings. The standard InChI is InChI=1S/C21H20ClNO4/c1-21(2,11-24)23-10-16-19-15(8-17(22)20(16)26-12-23)14(9-18(25)27-19)13-6-4-3-5-7-13/h3-9,24H,10-12H2,1-2H3/p+1. The third-order valence-electron chi connectivity index (χ3n) is 5.25. The topological polar surface area (TPSA) is 64.1 Å². The summed E-state index contributed by atoms with van der Waals surface area (Å²) in [6, 6.07) is 13.0. The normalized spacial score (nSPS) is 16.8. The molecule has 1 aromatic heterocycles. The molecule has 3 aromatic rings. The zero-order valence-corrected chi connectivity index (χ0v) is 16.0. The summed E-state index contributed by atoms with van der Waals surface area (Å²) in [5.74, 6) is 0.551. The van der Waals surface area contributed by atoms with Gasteiger partial charge in [-0.25, -0.2) is 4.79 Å². The molecule has 1 aliphatic heterocycles. The lowest BCUT2D eigenvalue weighted by Gasteiger charge is -2.37. The van der Waals surface area contributed by atoms with E-state index in [2.05, 4.69) is 0 Å². The van der Waals surface area contributed by atoms with Gasteiger partial charge < -0.3 is 14.3 Å². The van der Waals surface area contributed by atoms with Crippen molar-refractivity contribution in [2.24, 2.45) is 0 Å². The van der Waals surface area contributed by atoms with Crippen LogP contribution >= 0.6 is 11.6 Å². The van der Waals surface area contributed by atoms with Crippen LogP contribution < -0.4 is 15.3 Å². The SMILES string of the molecule is CC(C)(CO)[NH+]1COc2c(Cl)cc3c(-c4ccccc4)cc(=O)oc3c2C1. The number of hydrogen-bond donors (Lipinski definition) is 2. The molecule has 0 spiro atoms. The largest absolute Gasteiger partial charge is 0.443 e. The average molecular weight is 387 g/mol. The van der Waals surface area contributed by atoms with Gasteiger partial charge in [-0.05, 0) is 31.0 Å². The number of halogens is 1. The monoisotopic (exact) mass is 386 g/mol. The Hall–Kier alpha value is -2.34. The van der Waals surface area contributed by atoms with E-state index < -0.39 is 11.2 Å². The van der Waals surface area contributed by atoms with Crippen molar-refractivity contribution in [3.63, 3.8) is 0 Å². The van der Waals surface area contributed by atoms with Crippen molar-refractivity contribution in [1.82, 2.24) is 0 Å². The number of benzene rings is 2. The van der Waals surface area contributed by atoms with Gasteiger partial charge in [0.2, 0.25) is 6.73 Å². The Labute approximate surface area is 161 Å². The molecule has 0 fully saturated rings. The van der Waals surface area contributed by atoms with E-state index in [0.29, 0.717) is 29.6 Å². The second-order valence-electron chi connectivity index (χ2n) is 7.50. The second kappa shape index (κ2) is 6.68. The van der Waals surface area contributed by atoms with Crippen LogP contribution in [0.25, 0.3) is 22.1 Å². The third-order valence-corrected chi connectivity index (χ3v) is 5.53. The number of quaternary nitrogens is 1. The Balaban J connectivity index is 1.96. The molecule has 2 N–H and O–H groups in total. The summed E-state index contributed by atoms with van der Waals surface area (Å²) in [5, 5.41) is 11.0. The second-order valence-corrected chi connectivity index (χ2v) is 7.91. The molecular formula is C21H21ClNO4+. The van der Waals surface area contributed by atoms with E-state index in [-0.39, 0.29) is 6.61 Å². The fourth-order valence-corrected chi connectivity index (χ4v) is 3.73. The molecule has 1 atom stereocenters. The summed E-state index contributed by atoms with van der Waals surface area (Å²) in [4.78, 5) is 13.3. The first-order valence-electron chi connectivity index (χ1n) is 8.84. The first-order valence-corrected chi connectivity index (χ1v) is 9.22. The number of nitrogens with one attached hydrogen (secondary N) is 1. The predicted octanol–water partition coefficient (Wildman–Crippen LogP) is 2.62. The first-order chi connectivity index (χ1) is 12.9. The number of hydrogen-bond acceptors (Lipinski definition) is 4. The zero-order valence-electron chi connectivity index (χ0n) is 15.2. The maximum Gasteiger partial charge on any atom is 0.336 e. The highest BCUT2D eigenvalue weighted by Crippen LogP contribution is 2.39. The summed E-state index contributed by atoms with van der Waals surface area (Å²) in [7, 11) is 0. The number of ether oxygens (including phenoxy) is 1. The molecule has 0 radical (unpaired) electrons. The van der Waals surface area contributed by atoms with Crippen LogP contribution in [0.3, 0.4) is 0 Å². The lowest BCUT2D eigenvalue weighted by atomic mass is 9.97. The lowest BCUT2D eigenvalue weighted by Crippen LogP contribution is -3.20. The van der Waals surface area contributed by atoms with E-state index in [4.69, 9.17) is 20.8 Å². The molecule has 5 nitrogen and oxygen atoms in total. The van der Waals surface area contributed by atoms with Crippen LogP contribution in [0.15, 0.2) is 51.7 Å². The predicted molar refractivity (Wildman–Crippen MR) is 104 cm³/mol. The highest BCUT2D eigenvalue weighted by Gasteiger charge is 2.36. The van der Waals surface area contributed by atoms with Crippen molar-refractivity contribution in [1.29, 1.82) is 0 Å². The Morgan fingerprint density at radius 1 is 1.22 bits per heavy atom. The fraction of sp³-hybridized carbons (Fsp3) is 0.286. The first kappa shape index (κ1) is 18.0. The highest BCUT2D eigenvalue weighted by molar-refractivity contribution is 6.33. The highest BCUT2D eigenvalue weighted by atomic mass is 35.5. The molecule has 27 heavy (non-hydrogen) atoms. The minimum absolute atomic E-state index is 0.0126. The van der Waals surface area contributed by atoms with Crippen molar-refractivity contribution in [2.75, 3.05) is 13.3 Å². The van der Waals surface area contributed by atoms with Crippen molar-refractivity contribution >= 4 is 22.6 Å². The van der Waals surface area contributed by atoms with Gasteiger partial charge in [-0.15, -0.1) is 0 Å². The van der Waals surface area contributed by atoms with Crippen LogP contribution in [-0.4, -0.2) is 24.0 Å². The summed E-state index contributed by atoms with van der Waals surface area (Å²) in [6.45, 7) is 4.87. The average Bonchev–Trinajstić information content (AvgIpc) is 2.68. The van der Waals surface area contributed by atoms with E-state index >= 15 is 0 Å². The molecule has 0 saturated carbocycles. The maximum absolute atomic E-state index is 12.3. The molecular weight excluding hydrogens is 366 g/mol. The molecule has 2 aromatic carbocycles. The number of fused-ring (bicyclic) bond motifs is 3. The van der Waals surface area contributed by atoms with Crippen LogP contribution in [0, 0.1) is 0 Å². The van der Waals surface area contributed by atoms with Gasteiger partial charge in [0, 0.05) is 11.5 Å². The van der Waals surface area contributed by atoms with Crippen molar-refractivity contribution in [3.05, 3.63) is 63.5 Å². The minimum atomic E-state index is -0.417. The van der Waals surface area contributed by atoms with Gasteiger partial charge in [0.05, 0.1) is 17.2 Å². The molecule has 0 saturated heterocycles. The van der Waals surface area contributed by atoms with Crippen LogP contribution in [0.2, 0.25) is 5.02 Å². The Bertz CT molecular complexity index is 1060. The van der Waals surface area contributed by atoms with E-state index in [1.54, 1.807) is 6.07 Å². The molecule has 140 valence electrons.